The van der Waals surface area contributed by atoms with Crippen LogP contribution in [0.5, 0.6) is 0 Å². The van der Waals surface area contributed by atoms with Crippen LogP contribution in [-0.2, 0) is 0 Å². The van der Waals surface area contributed by atoms with E-state index in [4.69, 9.17) is 5.73 Å². The molecule has 0 amide bonds. The van der Waals surface area contributed by atoms with Crippen molar-refractivity contribution in [3.05, 3.63) is 6.07 Å². The van der Waals surface area contributed by atoms with Gasteiger partial charge in [0.25, 0.3) is 0 Å². The van der Waals surface area contributed by atoms with E-state index in [0.29, 0.717) is 12.0 Å². The maximum Gasteiger partial charge on any atom is 0.223 e. The summed E-state index contributed by atoms with van der Waals surface area (Å²) in [5, 5.41) is 3.29. The van der Waals surface area contributed by atoms with Gasteiger partial charge in [-0.05, 0) is 31.6 Å². The lowest BCUT2D eigenvalue weighted by atomic mass is 10.1. The minimum absolute atomic E-state index is 0.369. The van der Waals surface area contributed by atoms with Gasteiger partial charge < -0.3 is 16.0 Å². The average Bonchev–Trinajstić information content (AvgIpc) is 2.98. The van der Waals surface area contributed by atoms with E-state index in [1.54, 1.807) is 0 Å². The van der Waals surface area contributed by atoms with Crippen molar-refractivity contribution in [2.24, 2.45) is 5.92 Å². The maximum atomic E-state index is 5.81. The number of hydrogen-bond donors (Lipinski definition) is 2. The van der Waals surface area contributed by atoms with Gasteiger partial charge in [-0.15, -0.1) is 0 Å². The van der Waals surface area contributed by atoms with Gasteiger partial charge in [0.15, 0.2) is 0 Å². The predicted molar refractivity (Wildman–Crippen MR) is 73.7 cm³/mol. The van der Waals surface area contributed by atoms with E-state index in [9.17, 15) is 0 Å². The molecule has 5 heteroatoms. The van der Waals surface area contributed by atoms with E-state index in [-0.39, 0.29) is 0 Å². The number of fused-ring (bicyclic) bond motifs is 2. The molecule has 2 atom stereocenters. The van der Waals surface area contributed by atoms with E-state index in [2.05, 4.69) is 27.1 Å². The second-order valence-corrected chi connectivity index (χ2v) is 5.38. The summed E-state index contributed by atoms with van der Waals surface area (Å²) in [5.74, 6) is 3.07. The number of nitrogens with one attached hydrogen (secondary N) is 1. The highest BCUT2D eigenvalue weighted by Crippen LogP contribution is 2.39. The summed E-state index contributed by atoms with van der Waals surface area (Å²) < 4.78 is 0. The summed E-state index contributed by atoms with van der Waals surface area (Å²) in [5.41, 5.74) is 5.81. The summed E-state index contributed by atoms with van der Waals surface area (Å²) in [6, 6.07) is 2.70. The van der Waals surface area contributed by atoms with Crippen molar-refractivity contribution in [2.45, 2.75) is 38.6 Å². The van der Waals surface area contributed by atoms with Crippen LogP contribution in [0.15, 0.2) is 6.07 Å². The molecule has 1 saturated carbocycles. The molecule has 1 aliphatic carbocycles. The third kappa shape index (κ3) is 2.09. The number of rotatable bonds is 4. The van der Waals surface area contributed by atoms with Gasteiger partial charge in [-0.2, -0.15) is 9.97 Å². The Bertz CT molecular complexity index is 433. The minimum atomic E-state index is 0.369. The summed E-state index contributed by atoms with van der Waals surface area (Å²) in [6.07, 6.45) is 5.07. The normalized spacial score (nSPS) is 25.7. The maximum absolute atomic E-state index is 5.81. The van der Waals surface area contributed by atoms with Crippen LogP contribution in [0.25, 0.3) is 0 Å². The third-order valence-corrected chi connectivity index (χ3v) is 3.99. The highest BCUT2D eigenvalue weighted by molar-refractivity contribution is 5.54. The van der Waals surface area contributed by atoms with Crippen LogP contribution in [0, 0.1) is 5.92 Å². The standard InChI is InChI=1S/C13H21N5/c1-2-5-15-11-7-12(17-13(14)16-11)18-8-9-3-4-10(18)6-9/h7,9-10H,2-6,8H2,1H3,(H3,14,15,16,17). The van der Waals surface area contributed by atoms with Crippen molar-refractivity contribution in [3.8, 4) is 0 Å². The number of nitrogen functional groups attached to an aromatic ring is 1. The lowest BCUT2D eigenvalue weighted by molar-refractivity contribution is 0.550. The lowest BCUT2D eigenvalue weighted by Crippen LogP contribution is -2.32. The minimum Gasteiger partial charge on any atom is -0.370 e. The van der Waals surface area contributed by atoms with Crippen LogP contribution in [0.3, 0.4) is 0 Å². The molecule has 3 N–H and O–H groups in total. The van der Waals surface area contributed by atoms with E-state index in [1.807, 2.05) is 6.07 Å². The number of hydrogen-bond acceptors (Lipinski definition) is 5. The molecule has 1 saturated heterocycles. The van der Waals surface area contributed by atoms with Gasteiger partial charge in [0.2, 0.25) is 5.95 Å². The quantitative estimate of drug-likeness (QED) is 0.850. The summed E-state index contributed by atoms with van der Waals surface area (Å²) in [7, 11) is 0. The second-order valence-electron chi connectivity index (χ2n) is 5.38. The smallest absolute Gasteiger partial charge is 0.223 e. The Morgan fingerprint density at radius 1 is 1.44 bits per heavy atom. The van der Waals surface area contributed by atoms with Crippen molar-refractivity contribution in [1.82, 2.24) is 9.97 Å². The largest absolute Gasteiger partial charge is 0.370 e. The summed E-state index contributed by atoms with van der Waals surface area (Å²) in [4.78, 5) is 11.0. The molecule has 2 fully saturated rings. The zero-order valence-electron chi connectivity index (χ0n) is 10.9. The molecular weight excluding hydrogens is 226 g/mol. The first-order valence-corrected chi connectivity index (χ1v) is 6.91. The molecule has 98 valence electrons. The fourth-order valence-corrected chi connectivity index (χ4v) is 3.15. The molecule has 1 aromatic heterocycles. The number of aromatic nitrogens is 2. The molecule has 2 aliphatic rings. The third-order valence-electron chi connectivity index (χ3n) is 3.99. The van der Waals surface area contributed by atoms with Gasteiger partial charge >= 0.3 is 0 Å². The molecule has 2 bridgehead atoms. The zero-order valence-corrected chi connectivity index (χ0v) is 10.9. The molecular formula is C13H21N5. The highest BCUT2D eigenvalue weighted by Gasteiger charge is 2.38. The molecule has 2 heterocycles. The van der Waals surface area contributed by atoms with Crippen LogP contribution >= 0.6 is 0 Å². The molecule has 0 aromatic carbocycles. The SMILES string of the molecule is CCCNc1cc(N2CC3CCC2C3)nc(N)n1. The van der Waals surface area contributed by atoms with Gasteiger partial charge in [-0.25, -0.2) is 0 Å². The van der Waals surface area contributed by atoms with Crippen LogP contribution in [0.1, 0.15) is 32.6 Å². The Morgan fingerprint density at radius 3 is 3.00 bits per heavy atom. The zero-order chi connectivity index (χ0) is 12.5. The molecule has 0 spiro atoms. The van der Waals surface area contributed by atoms with Crippen molar-refractivity contribution in [2.75, 3.05) is 29.0 Å². The Labute approximate surface area is 108 Å². The first kappa shape index (κ1) is 11.6. The molecule has 18 heavy (non-hydrogen) atoms. The Hall–Kier alpha value is -1.52. The average molecular weight is 247 g/mol. The monoisotopic (exact) mass is 247 g/mol. The van der Waals surface area contributed by atoms with Gasteiger partial charge in [0.05, 0.1) is 0 Å². The fraction of sp³-hybridized carbons (Fsp3) is 0.692. The first-order chi connectivity index (χ1) is 8.76. The number of piperidine rings is 1. The summed E-state index contributed by atoms with van der Waals surface area (Å²) >= 11 is 0. The van der Waals surface area contributed by atoms with Crippen LogP contribution in [0.2, 0.25) is 0 Å². The molecule has 2 unspecified atom stereocenters. The van der Waals surface area contributed by atoms with Crippen molar-refractivity contribution in [3.63, 3.8) is 0 Å². The number of nitrogens with two attached hydrogens (primary N) is 1. The Kier molecular flexibility index (Phi) is 2.97. The molecule has 5 nitrogen and oxygen atoms in total. The summed E-state index contributed by atoms with van der Waals surface area (Å²) in [6.45, 7) is 4.19. The molecule has 3 rings (SSSR count). The molecule has 1 aromatic rings. The Morgan fingerprint density at radius 2 is 2.33 bits per heavy atom. The van der Waals surface area contributed by atoms with E-state index in [0.717, 1.165) is 37.1 Å². The van der Waals surface area contributed by atoms with Gasteiger partial charge in [0, 0.05) is 25.2 Å². The van der Waals surface area contributed by atoms with Crippen LogP contribution in [-0.4, -0.2) is 29.1 Å². The lowest BCUT2D eigenvalue weighted by Gasteiger charge is -2.28. The number of nitrogens with zero attached hydrogens (tertiary/aromatic N) is 3. The molecule has 0 radical (unpaired) electrons. The predicted octanol–water partition coefficient (Wildman–Crippen LogP) is 1.87. The van der Waals surface area contributed by atoms with Crippen molar-refractivity contribution < 1.29 is 0 Å². The highest BCUT2D eigenvalue weighted by atomic mass is 15.3. The van der Waals surface area contributed by atoms with E-state index in [1.165, 1.54) is 19.3 Å². The van der Waals surface area contributed by atoms with Gasteiger partial charge in [-0.1, -0.05) is 6.92 Å². The Balaban J connectivity index is 1.81. The first-order valence-electron chi connectivity index (χ1n) is 6.91. The van der Waals surface area contributed by atoms with Gasteiger partial charge in [-0.3, -0.25) is 0 Å². The van der Waals surface area contributed by atoms with E-state index >= 15 is 0 Å². The second kappa shape index (κ2) is 4.63. The van der Waals surface area contributed by atoms with Crippen LogP contribution in [0.4, 0.5) is 17.6 Å². The van der Waals surface area contributed by atoms with Crippen molar-refractivity contribution >= 4 is 17.6 Å². The van der Waals surface area contributed by atoms with Crippen LogP contribution < -0.4 is 16.0 Å². The number of anilines is 3. The molecule has 1 aliphatic heterocycles. The topological polar surface area (TPSA) is 67.1 Å². The fourth-order valence-electron chi connectivity index (χ4n) is 3.15. The van der Waals surface area contributed by atoms with Gasteiger partial charge in [0.1, 0.15) is 11.6 Å². The van der Waals surface area contributed by atoms with E-state index < -0.39 is 0 Å². The van der Waals surface area contributed by atoms with Crippen molar-refractivity contribution in [1.29, 1.82) is 0 Å².